The van der Waals surface area contributed by atoms with Crippen molar-refractivity contribution in [1.82, 2.24) is 24.2 Å². The second-order valence-electron chi connectivity index (χ2n) is 7.54. The van der Waals surface area contributed by atoms with E-state index in [0.717, 1.165) is 19.5 Å². The van der Waals surface area contributed by atoms with Crippen molar-refractivity contribution in [1.29, 1.82) is 0 Å². The fourth-order valence-electron chi connectivity index (χ4n) is 4.09. The van der Waals surface area contributed by atoms with Crippen LogP contribution in [0.15, 0.2) is 49.1 Å². The highest BCUT2D eigenvalue weighted by atomic mass is 15.3. The van der Waals surface area contributed by atoms with Crippen LogP contribution < -0.4 is 0 Å². The Morgan fingerprint density at radius 1 is 1.07 bits per heavy atom. The minimum Gasteiger partial charge on any atom is -0.326 e. The van der Waals surface area contributed by atoms with Gasteiger partial charge in [0.2, 0.25) is 0 Å². The molecule has 1 aromatic carbocycles. The first-order valence-corrected chi connectivity index (χ1v) is 10.1. The summed E-state index contributed by atoms with van der Waals surface area (Å²) < 4.78 is 4.44. The van der Waals surface area contributed by atoms with E-state index in [9.17, 15) is 0 Å². The fraction of sp³-hybridized carbons (Fsp3) is 0.455. The van der Waals surface area contributed by atoms with Crippen LogP contribution in [-0.2, 0) is 6.54 Å². The molecule has 0 spiro atoms. The average Bonchev–Trinajstić information content (AvgIpc) is 3.43. The lowest BCUT2D eigenvalue weighted by atomic mass is 10.1. The highest BCUT2D eigenvalue weighted by Gasteiger charge is 2.21. The van der Waals surface area contributed by atoms with Crippen LogP contribution in [0.5, 0.6) is 0 Å². The van der Waals surface area contributed by atoms with Gasteiger partial charge in [0.1, 0.15) is 0 Å². The summed E-state index contributed by atoms with van der Waals surface area (Å²) in [6.07, 6.45) is 9.75. The summed E-state index contributed by atoms with van der Waals surface area (Å²) in [6, 6.07) is 11.0. The van der Waals surface area contributed by atoms with E-state index in [4.69, 9.17) is 0 Å². The summed E-state index contributed by atoms with van der Waals surface area (Å²) in [6.45, 7) is 8.80. The maximum atomic E-state index is 4.66. The normalized spacial score (nSPS) is 16.1. The zero-order valence-corrected chi connectivity index (χ0v) is 16.4. The molecule has 0 saturated carbocycles. The Balaban J connectivity index is 1.58. The molecule has 5 nitrogen and oxygen atoms in total. The number of rotatable bonds is 7. The monoisotopic (exact) mass is 363 g/mol. The zero-order chi connectivity index (χ0) is 18.6. The molecule has 142 valence electrons. The lowest BCUT2D eigenvalue weighted by Crippen LogP contribution is -2.28. The van der Waals surface area contributed by atoms with Crippen molar-refractivity contribution in [3.8, 4) is 11.3 Å². The van der Waals surface area contributed by atoms with E-state index in [1.54, 1.807) is 0 Å². The Hall–Kier alpha value is -2.40. The number of nitrogens with zero attached hydrogens (tertiary/aromatic N) is 5. The Labute approximate surface area is 161 Å². The molecule has 4 rings (SSSR count). The van der Waals surface area contributed by atoms with E-state index in [1.807, 2.05) is 18.7 Å². The van der Waals surface area contributed by atoms with Gasteiger partial charge < -0.3 is 9.47 Å². The second kappa shape index (κ2) is 8.09. The van der Waals surface area contributed by atoms with Gasteiger partial charge in [0.15, 0.2) is 0 Å². The van der Waals surface area contributed by atoms with Gasteiger partial charge in [-0.15, -0.1) is 0 Å². The van der Waals surface area contributed by atoms with E-state index in [0.29, 0.717) is 6.04 Å². The molecule has 0 bridgehead atoms. The third-order valence-corrected chi connectivity index (χ3v) is 5.75. The van der Waals surface area contributed by atoms with Gasteiger partial charge in [0.05, 0.1) is 31.0 Å². The smallest absolute Gasteiger partial charge is 0.0954 e. The van der Waals surface area contributed by atoms with Crippen molar-refractivity contribution >= 4 is 0 Å². The van der Waals surface area contributed by atoms with Crippen LogP contribution in [0.25, 0.3) is 11.3 Å². The Morgan fingerprint density at radius 2 is 1.85 bits per heavy atom. The Morgan fingerprint density at radius 3 is 2.59 bits per heavy atom. The van der Waals surface area contributed by atoms with Crippen LogP contribution >= 0.6 is 0 Å². The van der Waals surface area contributed by atoms with Crippen molar-refractivity contribution in [2.24, 2.45) is 0 Å². The Bertz CT molecular complexity index is 858. The number of benzene rings is 1. The zero-order valence-electron chi connectivity index (χ0n) is 16.4. The van der Waals surface area contributed by atoms with Gasteiger partial charge in [-0.2, -0.15) is 5.10 Å². The summed E-state index contributed by atoms with van der Waals surface area (Å²) in [5.74, 6) is 0. The van der Waals surface area contributed by atoms with Crippen LogP contribution in [0.1, 0.15) is 43.5 Å². The highest BCUT2D eigenvalue weighted by Crippen LogP contribution is 2.28. The lowest BCUT2D eigenvalue weighted by Gasteiger charge is -2.25. The topological polar surface area (TPSA) is 38.9 Å². The number of hydrogen-bond acceptors (Lipinski definition) is 3. The van der Waals surface area contributed by atoms with Gasteiger partial charge in [-0.05, 0) is 44.8 Å². The van der Waals surface area contributed by atoms with Gasteiger partial charge in [0, 0.05) is 23.8 Å². The number of aromatic nitrogens is 4. The van der Waals surface area contributed by atoms with Crippen molar-refractivity contribution in [2.75, 3.05) is 19.6 Å². The molecule has 0 aliphatic carbocycles. The predicted molar refractivity (Wildman–Crippen MR) is 109 cm³/mol. The molecule has 27 heavy (non-hydrogen) atoms. The van der Waals surface area contributed by atoms with E-state index >= 15 is 0 Å². The molecule has 0 radical (unpaired) electrons. The summed E-state index contributed by atoms with van der Waals surface area (Å²) in [7, 11) is 0. The molecule has 0 amide bonds. The van der Waals surface area contributed by atoms with Crippen LogP contribution in [0.4, 0.5) is 0 Å². The van der Waals surface area contributed by atoms with Crippen LogP contribution in [-0.4, -0.2) is 43.9 Å². The maximum Gasteiger partial charge on any atom is 0.0954 e. The Kier molecular flexibility index (Phi) is 5.39. The maximum absolute atomic E-state index is 4.66. The van der Waals surface area contributed by atoms with Gasteiger partial charge in [-0.25, -0.2) is 4.98 Å². The van der Waals surface area contributed by atoms with E-state index < -0.39 is 0 Å². The molecule has 1 aliphatic rings. The minimum absolute atomic E-state index is 0.456. The molecule has 1 aliphatic heterocycles. The largest absolute Gasteiger partial charge is 0.326 e. The lowest BCUT2D eigenvalue weighted by molar-refractivity contribution is 0.273. The summed E-state index contributed by atoms with van der Waals surface area (Å²) in [5.41, 5.74) is 4.82. The first-order chi connectivity index (χ1) is 13.3. The first kappa shape index (κ1) is 18.0. The number of imidazole rings is 1. The fourth-order valence-corrected chi connectivity index (χ4v) is 4.09. The second-order valence-corrected chi connectivity index (χ2v) is 7.54. The van der Waals surface area contributed by atoms with Crippen molar-refractivity contribution in [2.45, 2.75) is 45.7 Å². The molecule has 0 unspecified atom stereocenters. The standard InChI is InChI=1S/C22H29N5/c1-3-20(16-25-11-7-8-12-25)26-17-23-14-22(26)21-13-24-27(18(21)2)15-19-9-5-4-6-10-19/h4-6,9-10,13-14,17,20H,3,7-8,11-12,15-16H2,1-2H3/t20-/m0/s1. The molecule has 1 atom stereocenters. The van der Waals surface area contributed by atoms with Crippen molar-refractivity contribution in [3.63, 3.8) is 0 Å². The molecule has 3 aromatic rings. The van der Waals surface area contributed by atoms with E-state index in [2.05, 4.69) is 68.4 Å². The summed E-state index contributed by atoms with van der Waals surface area (Å²) in [5, 5.41) is 4.66. The quantitative estimate of drug-likeness (QED) is 0.633. The van der Waals surface area contributed by atoms with Gasteiger partial charge in [-0.3, -0.25) is 4.68 Å². The van der Waals surface area contributed by atoms with Crippen LogP contribution in [0.2, 0.25) is 0 Å². The van der Waals surface area contributed by atoms with Crippen molar-refractivity contribution < 1.29 is 0 Å². The van der Waals surface area contributed by atoms with Crippen LogP contribution in [0.3, 0.4) is 0 Å². The number of likely N-dealkylation sites (tertiary alicyclic amines) is 1. The van der Waals surface area contributed by atoms with Gasteiger partial charge >= 0.3 is 0 Å². The SMILES string of the molecule is CC[C@@H](CN1CCCC1)n1cncc1-c1cnn(Cc2ccccc2)c1C. The summed E-state index contributed by atoms with van der Waals surface area (Å²) >= 11 is 0. The molecule has 1 saturated heterocycles. The van der Waals surface area contributed by atoms with Gasteiger partial charge in [0.25, 0.3) is 0 Å². The third kappa shape index (κ3) is 3.83. The molecular formula is C22H29N5. The first-order valence-electron chi connectivity index (χ1n) is 10.1. The summed E-state index contributed by atoms with van der Waals surface area (Å²) in [4.78, 5) is 7.07. The van der Waals surface area contributed by atoms with Crippen molar-refractivity contribution in [3.05, 3.63) is 60.3 Å². The predicted octanol–water partition coefficient (Wildman–Crippen LogP) is 4.15. The minimum atomic E-state index is 0.456. The molecule has 3 heterocycles. The molecule has 1 fully saturated rings. The van der Waals surface area contributed by atoms with E-state index in [-0.39, 0.29) is 0 Å². The van der Waals surface area contributed by atoms with Crippen LogP contribution in [0, 0.1) is 6.92 Å². The van der Waals surface area contributed by atoms with E-state index in [1.165, 1.54) is 48.4 Å². The molecule has 2 aromatic heterocycles. The highest BCUT2D eigenvalue weighted by molar-refractivity contribution is 5.61. The molecular weight excluding hydrogens is 334 g/mol. The third-order valence-electron chi connectivity index (χ3n) is 5.75. The molecule has 5 heteroatoms. The van der Waals surface area contributed by atoms with Gasteiger partial charge in [-0.1, -0.05) is 37.3 Å². The number of hydrogen-bond donors (Lipinski definition) is 0. The average molecular weight is 364 g/mol. The molecule has 0 N–H and O–H groups in total.